The van der Waals surface area contributed by atoms with Gasteiger partial charge in [-0.05, 0) is 40.2 Å². The lowest BCUT2D eigenvalue weighted by molar-refractivity contribution is -0.384. The minimum Gasteiger partial charge on any atom is -0.506 e. The van der Waals surface area contributed by atoms with Crippen LogP contribution < -0.4 is 5.43 Å². The Balaban J connectivity index is 2.30. The van der Waals surface area contributed by atoms with Gasteiger partial charge >= 0.3 is 6.18 Å². The Kier molecular flexibility index (Phi) is 5.68. The van der Waals surface area contributed by atoms with Gasteiger partial charge in [0.1, 0.15) is 11.4 Å². The monoisotopic (exact) mass is 481 g/mol. The number of hydrazone groups is 1. The van der Waals surface area contributed by atoms with Gasteiger partial charge in [-0.1, -0.05) is 15.9 Å². The number of nitrogens with zero attached hydrogens (tertiary/aromatic N) is 2. The third-order valence-electron chi connectivity index (χ3n) is 2.97. The van der Waals surface area contributed by atoms with Crippen molar-refractivity contribution >= 4 is 49.4 Å². The highest BCUT2D eigenvalue weighted by molar-refractivity contribution is 9.11. The van der Waals surface area contributed by atoms with Crippen LogP contribution >= 0.6 is 31.9 Å². The second-order valence-corrected chi connectivity index (χ2v) is 6.45. The Morgan fingerprint density at radius 3 is 2.52 bits per heavy atom. The first-order valence-electron chi connectivity index (χ1n) is 6.42. The van der Waals surface area contributed by atoms with E-state index in [0.29, 0.717) is 21.1 Å². The van der Waals surface area contributed by atoms with Gasteiger partial charge in [-0.15, -0.1) is 0 Å². The summed E-state index contributed by atoms with van der Waals surface area (Å²) in [5.41, 5.74) is 0.459. The van der Waals surface area contributed by atoms with Gasteiger partial charge < -0.3 is 5.11 Å². The molecule has 11 heteroatoms. The summed E-state index contributed by atoms with van der Waals surface area (Å²) in [6.45, 7) is 0. The maximum Gasteiger partial charge on any atom is 0.416 e. The number of nitrogens with one attached hydrogen (secondary N) is 1. The number of nitro groups is 1. The highest BCUT2D eigenvalue weighted by atomic mass is 79.9. The number of hydrogen-bond acceptors (Lipinski definition) is 5. The van der Waals surface area contributed by atoms with Crippen LogP contribution in [0.2, 0.25) is 0 Å². The van der Waals surface area contributed by atoms with Crippen LogP contribution in [-0.4, -0.2) is 16.2 Å². The number of phenols is 1. The zero-order valence-corrected chi connectivity index (χ0v) is 15.2. The molecule has 0 bridgehead atoms. The smallest absolute Gasteiger partial charge is 0.416 e. The van der Waals surface area contributed by atoms with Crippen molar-refractivity contribution in [3.8, 4) is 5.75 Å². The number of halogens is 5. The van der Waals surface area contributed by atoms with E-state index < -0.39 is 22.4 Å². The zero-order chi connectivity index (χ0) is 18.8. The fourth-order valence-corrected chi connectivity index (χ4v) is 3.07. The Bertz CT molecular complexity index is 857. The highest BCUT2D eigenvalue weighted by Gasteiger charge is 2.33. The molecule has 0 spiro atoms. The molecule has 0 amide bonds. The maximum atomic E-state index is 12.6. The quantitative estimate of drug-likeness (QED) is 0.352. The van der Waals surface area contributed by atoms with E-state index in [-0.39, 0.29) is 17.0 Å². The molecule has 0 radical (unpaired) electrons. The van der Waals surface area contributed by atoms with Gasteiger partial charge in [0.05, 0.1) is 21.2 Å². The number of hydrogen-bond donors (Lipinski definition) is 2. The normalized spacial score (nSPS) is 11.7. The number of benzene rings is 2. The molecule has 2 N–H and O–H groups in total. The molecule has 0 aliphatic heterocycles. The number of anilines is 1. The van der Waals surface area contributed by atoms with Crippen molar-refractivity contribution in [3.05, 3.63) is 60.5 Å². The second-order valence-electron chi connectivity index (χ2n) is 4.68. The molecule has 2 rings (SSSR count). The van der Waals surface area contributed by atoms with E-state index in [9.17, 15) is 28.4 Å². The molecule has 2 aromatic rings. The predicted molar refractivity (Wildman–Crippen MR) is 92.8 cm³/mol. The predicted octanol–water partition coefficient (Wildman–Crippen LogP) is 5.29. The largest absolute Gasteiger partial charge is 0.506 e. The van der Waals surface area contributed by atoms with E-state index in [4.69, 9.17) is 0 Å². The van der Waals surface area contributed by atoms with E-state index in [2.05, 4.69) is 42.4 Å². The molecule has 0 saturated carbocycles. The standard InChI is InChI=1S/C14H8Br2F3N3O3/c15-9-3-7(13(23)10(16)5-9)6-20-21-11-2-1-8(14(17,18)19)4-12(11)22(24)25/h1-6,21,23H. The molecule has 25 heavy (non-hydrogen) atoms. The Morgan fingerprint density at radius 1 is 1.24 bits per heavy atom. The van der Waals surface area contributed by atoms with E-state index in [1.807, 2.05) is 0 Å². The first-order chi connectivity index (χ1) is 11.6. The van der Waals surface area contributed by atoms with E-state index in [1.165, 1.54) is 12.3 Å². The summed E-state index contributed by atoms with van der Waals surface area (Å²) in [5, 5.41) is 24.6. The van der Waals surface area contributed by atoms with Gasteiger partial charge in [-0.3, -0.25) is 15.5 Å². The topological polar surface area (TPSA) is 87.8 Å². The summed E-state index contributed by atoms with van der Waals surface area (Å²) < 4.78 is 39.0. The maximum absolute atomic E-state index is 12.6. The Labute approximate surface area is 155 Å². The lowest BCUT2D eigenvalue weighted by Gasteiger charge is -2.08. The first-order valence-corrected chi connectivity index (χ1v) is 8.01. The molecule has 2 aromatic carbocycles. The van der Waals surface area contributed by atoms with Gasteiger partial charge in [0, 0.05) is 16.1 Å². The number of nitro benzene ring substituents is 1. The lowest BCUT2D eigenvalue weighted by atomic mass is 10.1. The molecular formula is C14H8Br2F3N3O3. The lowest BCUT2D eigenvalue weighted by Crippen LogP contribution is -2.06. The number of alkyl halides is 3. The average Bonchev–Trinajstić information content (AvgIpc) is 2.50. The summed E-state index contributed by atoms with van der Waals surface area (Å²) in [6.07, 6.45) is -3.52. The summed E-state index contributed by atoms with van der Waals surface area (Å²) in [4.78, 5) is 10.0. The van der Waals surface area contributed by atoms with Gasteiger partial charge in [0.25, 0.3) is 5.69 Å². The molecular weight excluding hydrogens is 475 g/mol. The van der Waals surface area contributed by atoms with Gasteiger partial charge in [0.2, 0.25) is 0 Å². The van der Waals surface area contributed by atoms with E-state index in [0.717, 1.165) is 6.07 Å². The molecule has 0 fully saturated rings. The molecule has 0 aliphatic rings. The van der Waals surface area contributed by atoms with Crippen LogP contribution in [0.1, 0.15) is 11.1 Å². The van der Waals surface area contributed by atoms with Crippen molar-refractivity contribution in [2.24, 2.45) is 5.10 Å². The van der Waals surface area contributed by atoms with Gasteiger partial charge in [-0.25, -0.2) is 0 Å². The Hall–Kier alpha value is -2.14. The fourth-order valence-electron chi connectivity index (χ4n) is 1.81. The minimum absolute atomic E-state index is 0.115. The third-order valence-corrected chi connectivity index (χ3v) is 4.03. The molecule has 0 atom stereocenters. The third kappa shape index (κ3) is 4.69. The first kappa shape index (κ1) is 19.2. The number of aromatic hydroxyl groups is 1. The van der Waals surface area contributed by atoms with Crippen LogP contribution in [-0.2, 0) is 6.18 Å². The highest BCUT2D eigenvalue weighted by Crippen LogP contribution is 2.35. The summed E-state index contributed by atoms with van der Waals surface area (Å²) in [5.74, 6) is -0.115. The van der Waals surface area contributed by atoms with Crippen LogP contribution in [0.3, 0.4) is 0 Å². The molecule has 0 saturated heterocycles. The van der Waals surface area contributed by atoms with Crippen molar-refractivity contribution in [3.63, 3.8) is 0 Å². The molecule has 0 heterocycles. The van der Waals surface area contributed by atoms with E-state index >= 15 is 0 Å². The van der Waals surface area contributed by atoms with Crippen molar-refractivity contribution in [1.29, 1.82) is 0 Å². The second kappa shape index (κ2) is 7.40. The summed E-state index contributed by atoms with van der Waals surface area (Å²) >= 11 is 6.36. The number of phenolic OH excluding ortho intramolecular Hbond substituents is 1. The van der Waals surface area contributed by atoms with Crippen molar-refractivity contribution < 1.29 is 23.2 Å². The Morgan fingerprint density at radius 2 is 1.92 bits per heavy atom. The van der Waals surface area contributed by atoms with E-state index in [1.54, 1.807) is 6.07 Å². The summed E-state index contributed by atoms with van der Waals surface area (Å²) in [7, 11) is 0. The average molecular weight is 483 g/mol. The van der Waals surface area contributed by atoms with Crippen LogP contribution in [0.15, 0.2) is 44.4 Å². The molecule has 0 unspecified atom stereocenters. The fraction of sp³-hybridized carbons (Fsp3) is 0.0714. The van der Waals surface area contributed by atoms with Gasteiger partial charge in [-0.2, -0.15) is 18.3 Å². The van der Waals surface area contributed by atoms with Crippen LogP contribution in [0.25, 0.3) is 0 Å². The van der Waals surface area contributed by atoms with Crippen molar-refractivity contribution in [2.75, 3.05) is 5.43 Å². The zero-order valence-electron chi connectivity index (χ0n) is 12.0. The van der Waals surface area contributed by atoms with Crippen LogP contribution in [0, 0.1) is 10.1 Å². The number of rotatable bonds is 4. The van der Waals surface area contributed by atoms with Crippen molar-refractivity contribution in [2.45, 2.75) is 6.18 Å². The molecule has 0 aliphatic carbocycles. The SMILES string of the molecule is O=[N+]([O-])c1cc(C(F)(F)F)ccc1NN=Cc1cc(Br)cc(Br)c1O. The molecule has 132 valence electrons. The van der Waals surface area contributed by atoms with Crippen LogP contribution in [0.5, 0.6) is 5.75 Å². The van der Waals surface area contributed by atoms with Crippen LogP contribution in [0.4, 0.5) is 24.5 Å². The van der Waals surface area contributed by atoms with Gasteiger partial charge in [0.15, 0.2) is 0 Å². The minimum atomic E-state index is -4.69. The van der Waals surface area contributed by atoms with Crippen molar-refractivity contribution in [1.82, 2.24) is 0 Å². The molecule has 0 aromatic heterocycles. The summed E-state index contributed by atoms with van der Waals surface area (Å²) in [6, 6.07) is 5.17. The molecule has 6 nitrogen and oxygen atoms in total.